The van der Waals surface area contributed by atoms with E-state index in [1.54, 1.807) is 30.4 Å². The van der Waals surface area contributed by atoms with Gasteiger partial charge in [0.2, 0.25) is 11.9 Å². The Morgan fingerprint density at radius 3 is 2.73 bits per heavy atom. The van der Waals surface area contributed by atoms with Crippen LogP contribution in [-0.4, -0.2) is 58.2 Å². The van der Waals surface area contributed by atoms with E-state index in [0.29, 0.717) is 31.9 Å². The van der Waals surface area contributed by atoms with E-state index in [2.05, 4.69) is 9.97 Å². The number of carbonyl (C=O) groups is 1. The first kappa shape index (κ1) is 18.3. The molecule has 0 saturated carbocycles. The van der Waals surface area contributed by atoms with Gasteiger partial charge in [0.15, 0.2) is 0 Å². The third kappa shape index (κ3) is 4.38. The van der Waals surface area contributed by atoms with Gasteiger partial charge in [0.1, 0.15) is 0 Å². The Hall–Kier alpha value is -2.47. The molecule has 2 heterocycles. The molecule has 1 aliphatic rings. The molecule has 1 aromatic carbocycles. The van der Waals surface area contributed by atoms with Gasteiger partial charge in [-0.1, -0.05) is 24.3 Å². The summed E-state index contributed by atoms with van der Waals surface area (Å²) in [6.07, 6.45) is 5.26. The number of nitrogens with zero attached hydrogens (tertiary/aromatic N) is 4. The predicted octanol–water partition coefficient (Wildman–Crippen LogP) is 1.82. The van der Waals surface area contributed by atoms with Crippen LogP contribution < -0.4 is 4.90 Å². The fourth-order valence-corrected chi connectivity index (χ4v) is 3.50. The van der Waals surface area contributed by atoms with Crippen molar-refractivity contribution >= 4 is 11.9 Å². The maximum Gasteiger partial charge on any atom is 0.226 e. The first-order valence-electron chi connectivity index (χ1n) is 9.00. The molecule has 1 fully saturated rings. The number of hydrogen-bond acceptors (Lipinski definition) is 5. The largest absolute Gasteiger partial charge is 0.386 e. The minimum atomic E-state index is -0.951. The van der Waals surface area contributed by atoms with Gasteiger partial charge in [-0.15, -0.1) is 0 Å². The highest BCUT2D eigenvalue weighted by atomic mass is 16.3. The molecule has 6 nitrogen and oxygen atoms in total. The summed E-state index contributed by atoms with van der Waals surface area (Å²) in [5, 5.41) is 11.1. The standard InChI is InChI=1S/C20H26N4O2/c1-16-7-3-4-8-17(16)13-18(25)23(2)14-20(26)9-5-12-24(15-20)19-21-10-6-11-22-19/h3-4,6-8,10-11,26H,5,9,12-15H2,1-2H3/t20-/m0/s1. The number of hydrogen-bond donors (Lipinski definition) is 1. The molecule has 1 aromatic heterocycles. The normalized spacial score (nSPS) is 20.0. The summed E-state index contributed by atoms with van der Waals surface area (Å²) in [5.74, 6) is 0.639. The van der Waals surface area contributed by atoms with Gasteiger partial charge in [0, 0.05) is 26.0 Å². The van der Waals surface area contributed by atoms with Crippen LogP contribution in [0.25, 0.3) is 0 Å². The number of aryl methyl sites for hydroxylation is 1. The van der Waals surface area contributed by atoms with Gasteiger partial charge in [0.25, 0.3) is 0 Å². The number of β-amino-alcohol motifs (C(OH)–C–C–N with tert-alkyl or cyclic N) is 1. The fraction of sp³-hybridized carbons (Fsp3) is 0.450. The van der Waals surface area contributed by atoms with E-state index in [9.17, 15) is 9.90 Å². The molecule has 1 N–H and O–H groups in total. The van der Waals surface area contributed by atoms with Crippen molar-refractivity contribution in [1.82, 2.24) is 14.9 Å². The van der Waals surface area contributed by atoms with Gasteiger partial charge in [0.05, 0.1) is 25.1 Å². The summed E-state index contributed by atoms with van der Waals surface area (Å²) in [6, 6.07) is 9.68. The zero-order chi connectivity index (χ0) is 18.6. The molecule has 138 valence electrons. The third-order valence-corrected chi connectivity index (χ3v) is 4.95. The van der Waals surface area contributed by atoms with Gasteiger partial charge in [-0.2, -0.15) is 0 Å². The molecule has 1 amide bonds. The maximum atomic E-state index is 12.6. The second-order valence-corrected chi connectivity index (χ2v) is 7.15. The van der Waals surface area contributed by atoms with Gasteiger partial charge in [-0.3, -0.25) is 4.79 Å². The van der Waals surface area contributed by atoms with Crippen molar-refractivity contribution in [3.8, 4) is 0 Å². The second-order valence-electron chi connectivity index (χ2n) is 7.15. The smallest absolute Gasteiger partial charge is 0.226 e. The average Bonchev–Trinajstić information content (AvgIpc) is 2.64. The molecule has 0 spiro atoms. The van der Waals surface area contributed by atoms with E-state index < -0.39 is 5.60 Å². The van der Waals surface area contributed by atoms with Crippen molar-refractivity contribution in [2.75, 3.05) is 31.6 Å². The summed E-state index contributed by atoms with van der Waals surface area (Å²) in [5.41, 5.74) is 1.19. The molecule has 1 atom stereocenters. The lowest BCUT2D eigenvalue weighted by molar-refractivity contribution is -0.132. The van der Waals surface area contributed by atoms with E-state index in [4.69, 9.17) is 0 Å². The minimum absolute atomic E-state index is 0.0146. The number of piperidine rings is 1. The van der Waals surface area contributed by atoms with Crippen LogP contribution in [-0.2, 0) is 11.2 Å². The SMILES string of the molecule is Cc1ccccc1CC(=O)N(C)C[C@@]1(O)CCCN(c2ncccn2)C1. The van der Waals surface area contributed by atoms with Gasteiger partial charge < -0.3 is 14.9 Å². The Labute approximate surface area is 154 Å². The Morgan fingerprint density at radius 1 is 1.27 bits per heavy atom. The lowest BCUT2D eigenvalue weighted by Crippen LogP contribution is -2.55. The van der Waals surface area contributed by atoms with Crippen LogP contribution in [0.1, 0.15) is 24.0 Å². The number of carbonyl (C=O) groups excluding carboxylic acids is 1. The van der Waals surface area contributed by atoms with Crippen molar-refractivity contribution in [2.45, 2.75) is 31.8 Å². The van der Waals surface area contributed by atoms with Gasteiger partial charge in [-0.05, 0) is 37.0 Å². The first-order valence-corrected chi connectivity index (χ1v) is 9.00. The molecule has 1 saturated heterocycles. The van der Waals surface area contributed by atoms with Crippen LogP contribution >= 0.6 is 0 Å². The lowest BCUT2D eigenvalue weighted by Gasteiger charge is -2.41. The van der Waals surface area contributed by atoms with E-state index >= 15 is 0 Å². The molecule has 0 aliphatic carbocycles. The number of rotatable bonds is 5. The van der Waals surface area contributed by atoms with Crippen LogP contribution in [0.5, 0.6) is 0 Å². The number of likely N-dealkylation sites (N-methyl/N-ethyl adjacent to an activating group) is 1. The predicted molar refractivity (Wildman–Crippen MR) is 101 cm³/mol. The number of aromatic nitrogens is 2. The molecule has 1 aliphatic heterocycles. The van der Waals surface area contributed by atoms with Crippen LogP contribution in [0.3, 0.4) is 0 Å². The molecular formula is C20H26N4O2. The van der Waals surface area contributed by atoms with E-state index in [-0.39, 0.29) is 5.91 Å². The van der Waals surface area contributed by atoms with Crippen molar-refractivity contribution in [3.63, 3.8) is 0 Å². The Morgan fingerprint density at radius 2 is 2.00 bits per heavy atom. The van der Waals surface area contributed by atoms with Crippen molar-refractivity contribution in [2.24, 2.45) is 0 Å². The van der Waals surface area contributed by atoms with Crippen molar-refractivity contribution in [3.05, 3.63) is 53.9 Å². The van der Waals surface area contributed by atoms with Crippen LogP contribution in [0, 0.1) is 6.92 Å². The Kier molecular flexibility index (Phi) is 5.52. The van der Waals surface area contributed by atoms with Crippen molar-refractivity contribution < 1.29 is 9.90 Å². The quantitative estimate of drug-likeness (QED) is 0.887. The summed E-state index contributed by atoms with van der Waals surface area (Å²) >= 11 is 0. The fourth-order valence-electron chi connectivity index (χ4n) is 3.50. The third-order valence-electron chi connectivity index (χ3n) is 4.95. The summed E-state index contributed by atoms with van der Waals surface area (Å²) in [7, 11) is 1.76. The highest BCUT2D eigenvalue weighted by molar-refractivity contribution is 5.79. The van der Waals surface area contributed by atoms with E-state index in [0.717, 1.165) is 24.1 Å². The number of benzene rings is 1. The van der Waals surface area contributed by atoms with E-state index in [1.807, 2.05) is 36.1 Å². The molecule has 0 bridgehead atoms. The van der Waals surface area contributed by atoms with Crippen molar-refractivity contribution in [1.29, 1.82) is 0 Å². The molecule has 2 aromatic rings. The highest BCUT2D eigenvalue weighted by Gasteiger charge is 2.36. The molecular weight excluding hydrogens is 328 g/mol. The van der Waals surface area contributed by atoms with Crippen LogP contribution in [0.2, 0.25) is 0 Å². The molecule has 3 rings (SSSR count). The van der Waals surface area contributed by atoms with Gasteiger partial charge in [-0.25, -0.2) is 9.97 Å². The molecule has 26 heavy (non-hydrogen) atoms. The zero-order valence-corrected chi connectivity index (χ0v) is 15.4. The zero-order valence-electron chi connectivity index (χ0n) is 15.4. The number of aliphatic hydroxyl groups is 1. The maximum absolute atomic E-state index is 12.6. The lowest BCUT2D eigenvalue weighted by atomic mass is 9.92. The van der Waals surface area contributed by atoms with Crippen LogP contribution in [0.15, 0.2) is 42.7 Å². The Bertz CT molecular complexity index is 752. The van der Waals surface area contributed by atoms with Crippen LogP contribution in [0.4, 0.5) is 5.95 Å². The van der Waals surface area contributed by atoms with Gasteiger partial charge >= 0.3 is 0 Å². The number of amides is 1. The average molecular weight is 354 g/mol. The first-order chi connectivity index (χ1) is 12.5. The number of anilines is 1. The summed E-state index contributed by atoms with van der Waals surface area (Å²) in [4.78, 5) is 24.8. The topological polar surface area (TPSA) is 69.6 Å². The summed E-state index contributed by atoms with van der Waals surface area (Å²) < 4.78 is 0. The summed E-state index contributed by atoms with van der Waals surface area (Å²) in [6.45, 7) is 3.56. The monoisotopic (exact) mass is 354 g/mol. The second kappa shape index (κ2) is 7.83. The minimum Gasteiger partial charge on any atom is -0.386 e. The van der Waals surface area contributed by atoms with E-state index in [1.165, 1.54) is 0 Å². The molecule has 0 radical (unpaired) electrons. The highest BCUT2D eigenvalue weighted by Crippen LogP contribution is 2.24. The molecule has 6 heteroatoms. The molecule has 0 unspecified atom stereocenters. The Balaban J connectivity index is 1.63.